The highest BCUT2D eigenvalue weighted by Crippen LogP contribution is 2.51. The summed E-state index contributed by atoms with van der Waals surface area (Å²) in [6.45, 7) is 0.0454. The molecule has 0 radical (unpaired) electrons. The van der Waals surface area contributed by atoms with Gasteiger partial charge in [-0.1, -0.05) is 60.7 Å². The fraction of sp³-hybridized carbons (Fsp3) is 0.200. The van der Waals surface area contributed by atoms with E-state index in [1.165, 1.54) is 0 Å². The zero-order chi connectivity index (χ0) is 11.7. The number of hydrogen-bond donors (Lipinski definition) is 1. The highest BCUT2D eigenvalue weighted by Gasteiger charge is 2.58. The smallest absolute Gasteiger partial charge is 0.147 e. The lowest BCUT2D eigenvalue weighted by molar-refractivity contribution is 0.238. The van der Waals surface area contributed by atoms with Gasteiger partial charge in [0.25, 0.3) is 0 Å². The Balaban J connectivity index is 2.08. The highest BCUT2D eigenvalue weighted by atomic mass is 16.6. The predicted molar refractivity (Wildman–Crippen MR) is 65.6 cm³/mol. The van der Waals surface area contributed by atoms with Crippen molar-refractivity contribution in [2.75, 3.05) is 6.61 Å². The highest BCUT2D eigenvalue weighted by molar-refractivity contribution is 5.42. The van der Waals surface area contributed by atoms with Gasteiger partial charge in [0.15, 0.2) is 0 Å². The van der Waals surface area contributed by atoms with Gasteiger partial charge in [-0.25, -0.2) is 0 Å². The average molecular weight is 226 g/mol. The third-order valence-corrected chi connectivity index (χ3v) is 3.30. The summed E-state index contributed by atoms with van der Waals surface area (Å²) < 4.78 is 5.78. The summed E-state index contributed by atoms with van der Waals surface area (Å²) in [5.41, 5.74) is 1.76. The summed E-state index contributed by atoms with van der Waals surface area (Å²) in [5, 5.41) is 9.34. The predicted octanol–water partition coefficient (Wildman–Crippen LogP) is 2.32. The van der Waals surface area contributed by atoms with E-state index in [2.05, 4.69) is 0 Å². The van der Waals surface area contributed by atoms with Gasteiger partial charge in [0.05, 0.1) is 6.61 Å². The van der Waals surface area contributed by atoms with E-state index in [1.807, 2.05) is 60.7 Å². The number of hydrogen-bond acceptors (Lipinski definition) is 2. The molecule has 2 aromatic rings. The van der Waals surface area contributed by atoms with Crippen molar-refractivity contribution in [3.05, 3.63) is 71.8 Å². The van der Waals surface area contributed by atoms with Gasteiger partial charge in [-0.3, -0.25) is 0 Å². The summed E-state index contributed by atoms with van der Waals surface area (Å²) in [6.07, 6.45) is -0.132. The van der Waals surface area contributed by atoms with Crippen molar-refractivity contribution in [3.8, 4) is 0 Å². The van der Waals surface area contributed by atoms with Crippen molar-refractivity contribution in [1.82, 2.24) is 0 Å². The van der Waals surface area contributed by atoms with E-state index < -0.39 is 5.60 Å². The lowest BCUT2D eigenvalue weighted by Gasteiger charge is -2.13. The molecule has 1 fully saturated rings. The van der Waals surface area contributed by atoms with Crippen LogP contribution in [-0.2, 0) is 10.3 Å². The molecule has 0 aromatic heterocycles. The largest absolute Gasteiger partial charge is 0.394 e. The summed E-state index contributed by atoms with van der Waals surface area (Å²) in [5.74, 6) is 0. The van der Waals surface area contributed by atoms with E-state index in [-0.39, 0.29) is 12.7 Å². The quantitative estimate of drug-likeness (QED) is 0.815. The Hall–Kier alpha value is -1.64. The number of ether oxygens (including phenoxy) is 1. The maximum absolute atomic E-state index is 9.34. The van der Waals surface area contributed by atoms with Crippen molar-refractivity contribution < 1.29 is 9.84 Å². The Morgan fingerprint density at radius 3 is 1.71 bits per heavy atom. The van der Waals surface area contributed by atoms with Crippen LogP contribution in [0, 0.1) is 0 Å². The molecule has 0 amide bonds. The first kappa shape index (κ1) is 10.5. The lowest BCUT2D eigenvalue weighted by Crippen LogP contribution is -2.16. The van der Waals surface area contributed by atoms with Gasteiger partial charge in [-0.15, -0.1) is 0 Å². The zero-order valence-electron chi connectivity index (χ0n) is 9.41. The molecule has 0 saturated carbocycles. The molecular weight excluding hydrogens is 212 g/mol. The fourth-order valence-corrected chi connectivity index (χ4v) is 2.40. The Kier molecular flexibility index (Phi) is 2.46. The minimum Gasteiger partial charge on any atom is -0.394 e. The van der Waals surface area contributed by atoms with Crippen LogP contribution in [0.25, 0.3) is 0 Å². The first-order chi connectivity index (χ1) is 8.38. The monoisotopic (exact) mass is 226 g/mol. The van der Waals surface area contributed by atoms with Crippen molar-refractivity contribution in [3.63, 3.8) is 0 Å². The lowest BCUT2D eigenvalue weighted by atomic mass is 9.88. The summed E-state index contributed by atoms with van der Waals surface area (Å²) in [7, 11) is 0. The van der Waals surface area contributed by atoms with E-state index in [1.54, 1.807) is 0 Å². The summed E-state index contributed by atoms with van der Waals surface area (Å²) in [6, 6.07) is 20.1. The fourth-order valence-electron chi connectivity index (χ4n) is 2.40. The summed E-state index contributed by atoms with van der Waals surface area (Å²) in [4.78, 5) is 0. The number of benzene rings is 2. The molecule has 1 saturated heterocycles. The Morgan fingerprint density at radius 1 is 0.882 bits per heavy atom. The molecule has 1 unspecified atom stereocenters. The Bertz CT molecular complexity index is 453. The molecule has 0 spiro atoms. The van der Waals surface area contributed by atoms with Crippen LogP contribution in [0.2, 0.25) is 0 Å². The van der Waals surface area contributed by atoms with Crippen LogP contribution in [0.15, 0.2) is 60.7 Å². The topological polar surface area (TPSA) is 32.8 Å². The standard InChI is InChI=1S/C15H14O2/c16-11-14-15(17-14,12-7-3-1-4-8-12)13-9-5-2-6-10-13/h1-10,14,16H,11H2. The second kappa shape index (κ2) is 3.99. The number of epoxide rings is 1. The van der Waals surface area contributed by atoms with Gasteiger partial charge in [0.1, 0.15) is 11.7 Å². The van der Waals surface area contributed by atoms with E-state index in [0.717, 1.165) is 11.1 Å². The molecule has 2 heteroatoms. The maximum Gasteiger partial charge on any atom is 0.147 e. The third-order valence-electron chi connectivity index (χ3n) is 3.30. The van der Waals surface area contributed by atoms with E-state index in [4.69, 9.17) is 4.74 Å². The normalized spacial score (nSPS) is 21.1. The van der Waals surface area contributed by atoms with Gasteiger partial charge < -0.3 is 9.84 Å². The van der Waals surface area contributed by atoms with Crippen LogP contribution >= 0.6 is 0 Å². The van der Waals surface area contributed by atoms with Crippen LogP contribution in [0.4, 0.5) is 0 Å². The third kappa shape index (κ3) is 1.57. The van der Waals surface area contributed by atoms with E-state index in [9.17, 15) is 5.11 Å². The van der Waals surface area contributed by atoms with Crippen molar-refractivity contribution in [1.29, 1.82) is 0 Å². The minimum absolute atomic E-state index is 0.0454. The van der Waals surface area contributed by atoms with Gasteiger partial charge in [-0.2, -0.15) is 0 Å². The van der Waals surface area contributed by atoms with Gasteiger partial charge >= 0.3 is 0 Å². The van der Waals surface area contributed by atoms with Crippen molar-refractivity contribution in [2.24, 2.45) is 0 Å². The number of rotatable bonds is 3. The maximum atomic E-state index is 9.34. The van der Waals surface area contributed by atoms with Crippen LogP contribution in [-0.4, -0.2) is 17.8 Å². The van der Waals surface area contributed by atoms with Gasteiger partial charge in [0, 0.05) is 0 Å². The molecule has 2 aromatic carbocycles. The molecule has 1 aliphatic rings. The molecule has 3 rings (SSSR count). The Morgan fingerprint density at radius 2 is 1.35 bits per heavy atom. The molecule has 0 aliphatic carbocycles. The van der Waals surface area contributed by atoms with E-state index >= 15 is 0 Å². The number of aliphatic hydroxyl groups excluding tert-OH is 1. The molecule has 1 atom stereocenters. The minimum atomic E-state index is -0.447. The van der Waals surface area contributed by atoms with Crippen LogP contribution in [0.1, 0.15) is 11.1 Å². The molecule has 1 heterocycles. The molecule has 17 heavy (non-hydrogen) atoms. The zero-order valence-corrected chi connectivity index (χ0v) is 9.41. The van der Waals surface area contributed by atoms with Gasteiger partial charge in [-0.05, 0) is 11.1 Å². The SMILES string of the molecule is OCC1OC1(c1ccccc1)c1ccccc1. The molecule has 86 valence electrons. The second-order valence-electron chi connectivity index (χ2n) is 4.26. The van der Waals surface area contributed by atoms with E-state index in [0.29, 0.717) is 0 Å². The van der Waals surface area contributed by atoms with Gasteiger partial charge in [0.2, 0.25) is 0 Å². The molecule has 2 nitrogen and oxygen atoms in total. The van der Waals surface area contributed by atoms with Crippen LogP contribution < -0.4 is 0 Å². The Labute approximate surface area is 100 Å². The van der Waals surface area contributed by atoms with Crippen LogP contribution in [0.3, 0.4) is 0 Å². The number of aliphatic hydroxyl groups is 1. The second-order valence-corrected chi connectivity index (χ2v) is 4.26. The van der Waals surface area contributed by atoms with Crippen molar-refractivity contribution in [2.45, 2.75) is 11.7 Å². The molecule has 1 aliphatic heterocycles. The molecular formula is C15H14O2. The molecule has 1 N–H and O–H groups in total. The molecule has 0 bridgehead atoms. The average Bonchev–Trinajstić information content (AvgIpc) is 3.17. The van der Waals surface area contributed by atoms with Crippen LogP contribution in [0.5, 0.6) is 0 Å². The first-order valence-electron chi connectivity index (χ1n) is 5.77. The van der Waals surface area contributed by atoms with Crippen molar-refractivity contribution >= 4 is 0 Å². The first-order valence-corrected chi connectivity index (χ1v) is 5.77. The summed E-state index contributed by atoms with van der Waals surface area (Å²) >= 11 is 0.